The fourth-order valence-corrected chi connectivity index (χ4v) is 2.25. The summed E-state index contributed by atoms with van der Waals surface area (Å²) in [4.78, 5) is 24.6. The van der Waals surface area contributed by atoms with E-state index < -0.39 is 17.6 Å². The molecule has 96 valence electrons. The van der Waals surface area contributed by atoms with E-state index in [1.807, 2.05) is 0 Å². The van der Waals surface area contributed by atoms with Crippen LogP contribution in [0.1, 0.15) is 32.6 Å². The van der Waals surface area contributed by atoms with Gasteiger partial charge in [-0.1, -0.05) is 19.6 Å². The predicted octanol–water partition coefficient (Wildman–Crippen LogP) is 2.03. The molecule has 5 nitrogen and oxygen atoms in total. The number of carbonyl (C=O) groups excluding carboxylic acids is 1. The summed E-state index contributed by atoms with van der Waals surface area (Å²) in [7, 11) is 0. The number of carboxylic acids is 1. The minimum absolute atomic E-state index is 0.106. The molecule has 1 N–H and O–H groups in total. The molecule has 0 saturated carbocycles. The second-order valence-electron chi connectivity index (χ2n) is 4.16. The number of hydrogen-bond donors (Lipinski definition) is 1. The first-order chi connectivity index (χ1) is 8.08. The fourth-order valence-electron chi connectivity index (χ4n) is 2.25. The summed E-state index contributed by atoms with van der Waals surface area (Å²) in [6.45, 7) is 5.79. The summed E-state index contributed by atoms with van der Waals surface area (Å²) >= 11 is 0. The molecule has 0 aromatic carbocycles. The van der Waals surface area contributed by atoms with Gasteiger partial charge in [0, 0.05) is 6.54 Å². The maximum absolute atomic E-state index is 11.8. The molecule has 0 spiro atoms. The number of likely N-dealkylation sites (tertiary alicyclic amines) is 1. The van der Waals surface area contributed by atoms with Crippen LogP contribution < -0.4 is 0 Å². The molecule has 5 heteroatoms. The van der Waals surface area contributed by atoms with Gasteiger partial charge >= 0.3 is 12.1 Å². The van der Waals surface area contributed by atoms with Crippen LogP contribution in [0.5, 0.6) is 0 Å². The van der Waals surface area contributed by atoms with Crippen molar-refractivity contribution in [2.45, 2.75) is 38.1 Å². The van der Waals surface area contributed by atoms with Gasteiger partial charge in [-0.05, 0) is 25.7 Å². The Bertz CT molecular complexity index is 316. The minimum atomic E-state index is -1.10. The van der Waals surface area contributed by atoms with E-state index in [9.17, 15) is 14.7 Å². The summed E-state index contributed by atoms with van der Waals surface area (Å²) in [5.74, 6) is -0.949. The van der Waals surface area contributed by atoms with Crippen molar-refractivity contribution in [3.8, 4) is 0 Å². The molecule has 1 heterocycles. The van der Waals surface area contributed by atoms with Gasteiger partial charge in [0.15, 0.2) is 0 Å². The summed E-state index contributed by atoms with van der Waals surface area (Å²) < 4.78 is 4.94. The zero-order chi connectivity index (χ0) is 12.9. The highest BCUT2D eigenvalue weighted by atomic mass is 16.6. The van der Waals surface area contributed by atoms with Crippen LogP contribution >= 0.6 is 0 Å². The summed E-state index contributed by atoms with van der Waals surface area (Å²) in [6.07, 6.45) is 3.43. The van der Waals surface area contributed by atoms with Crippen molar-refractivity contribution in [2.24, 2.45) is 0 Å². The van der Waals surface area contributed by atoms with Gasteiger partial charge in [-0.2, -0.15) is 0 Å². The largest absolute Gasteiger partial charge is 0.479 e. The van der Waals surface area contributed by atoms with E-state index in [0.29, 0.717) is 19.4 Å². The van der Waals surface area contributed by atoms with Gasteiger partial charge < -0.3 is 9.84 Å². The molecule has 0 aromatic heterocycles. The average molecular weight is 241 g/mol. The number of rotatable bonds is 4. The van der Waals surface area contributed by atoms with Crippen LogP contribution in [0.25, 0.3) is 0 Å². The van der Waals surface area contributed by atoms with Crippen molar-refractivity contribution in [3.05, 3.63) is 12.7 Å². The molecule has 1 unspecified atom stereocenters. The molecule has 1 rings (SSSR count). The number of ether oxygens (including phenoxy) is 1. The van der Waals surface area contributed by atoms with Crippen molar-refractivity contribution in [1.82, 2.24) is 4.90 Å². The molecular formula is C12H19NO4. The number of aliphatic carboxylic acids is 1. The van der Waals surface area contributed by atoms with E-state index in [-0.39, 0.29) is 6.61 Å². The first kappa shape index (κ1) is 13.5. The summed E-state index contributed by atoms with van der Waals surface area (Å²) in [5.41, 5.74) is -1.10. The predicted molar refractivity (Wildman–Crippen MR) is 62.8 cm³/mol. The zero-order valence-electron chi connectivity index (χ0n) is 10.1. The summed E-state index contributed by atoms with van der Waals surface area (Å²) in [6, 6.07) is 0. The highest BCUT2D eigenvalue weighted by Crippen LogP contribution is 2.32. The molecular weight excluding hydrogens is 222 g/mol. The second-order valence-corrected chi connectivity index (χ2v) is 4.16. The third kappa shape index (κ3) is 2.60. The minimum Gasteiger partial charge on any atom is -0.479 e. The van der Waals surface area contributed by atoms with Crippen molar-refractivity contribution >= 4 is 12.1 Å². The van der Waals surface area contributed by atoms with Gasteiger partial charge in [0.25, 0.3) is 0 Å². The Labute approximate surface area is 101 Å². The van der Waals surface area contributed by atoms with Gasteiger partial charge in [0.2, 0.25) is 0 Å². The Morgan fingerprint density at radius 1 is 1.53 bits per heavy atom. The number of piperidine rings is 1. The number of carbonyl (C=O) groups is 2. The van der Waals surface area contributed by atoms with E-state index in [4.69, 9.17) is 4.74 Å². The van der Waals surface area contributed by atoms with E-state index in [1.165, 1.54) is 11.0 Å². The Morgan fingerprint density at radius 3 is 2.76 bits per heavy atom. The lowest BCUT2D eigenvalue weighted by Crippen LogP contribution is -2.59. The lowest BCUT2D eigenvalue weighted by Gasteiger charge is -2.42. The molecule has 1 aliphatic heterocycles. The lowest BCUT2D eigenvalue weighted by molar-refractivity contribution is -0.153. The maximum atomic E-state index is 11.8. The molecule has 0 bridgehead atoms. The SMILES string of the molecule is C=CCOC(=O)N1CCCCC1(CC)C(=O)O. The average Bonchev–Trinajstić information content (AvgIpc) is 2.35. The topological polar surface area (TPSA) is 66.8 Å². The second kappa shape index (κ2) is 5.70. The van der Waals surface area contributed by atoms with Crippen molar-refractivity contribution < 1.29 is 19.4 Å². The van der Waals surface area contributed by atoms with Gasteiger partial charge in [-0.15, -0.1) is 0 Å². The van der Waals surface area contributed by atoms with Gasteiger partial charge in [0.1, 0.15) is 12.1 Å². The first-order valence-corrected chi connectivity index (χ1v) is 5.87. The smallest absolute Gasteiger partial charge is 0.411 e. The van der Waals surface area contributed by atoms with Crippen molar-refractivity contribution in [2.75, 3.05) is 13.2 Å². The number of carboxylic acid groups (broad SMARTS) is 1. The Morgan fingerprint density at radius 2 is 2.24 bits per heavy atom. The van der Waals surface area contributed by atoms with Crippen LogP contribution in [0.4, 0.5) is 4.79 Å². The highest BCUT2D eigenvalue weighted by Gasteiger charge is 2.47. The van der Waals surface area contributed by atoms with Gasteiger partial charge in [-0.3, -0.25) is 4.90 Å². The molecule has 17 heavy (non-hydrogen) atoms. The fraction of sp³-hybridized carbons (Fsp3) is 0.667. The standard InChI is InChI=1S/C12H19NO4/c1-3-9-17-11(16)13-8-6-5-7-12(13,4-2)10(14)15/h3H,1,4-9H2,2H3,(H,14,15). The molecule has 1 atom stereocenters. The normalized spacial score (nSPS) is 24.2. The monoisotopic (exact) mass is 241 g/mol. The van der Waals surface area contributed by atoms with E-state index >= 15 is 0 Å². The third-order valence-electron chi connectivity index (χ3n) is 3.27. The number of hydrogen-bond acceptors (Lipinski definition) is 3. The zero-order valence-corrected chi connectivity index (χ0v) is 10.1. The van der Waals surface area contributed by atoms with E-state index in [2.05, 4.69) is 6.58 Å². The molecule has 1 amide bonds. The van der Waals surface area contributed by atoms with Crippen LogP contribution in [0, 0.1) is 0 Å². The molecule has 0 aliphatic carbocycles. The Hall–Kier alpha value is -1.52. The Kier molecular flexibility index (Phi) is 4.54. The molecule has 1 aliphatic rings. The highest BCUT2D eigenvalue weighted by molar-refractivity contribution is 5.84. The van der Waals surface area contributed by atoms with Gasteiger partial charge in [-0.25, -0.2) is 9.59 Å². The quantitative estimate of drug-likeness (QED) is 0.765. The van der Waals surface area contributed by atoms with Crippen LogP contribution in [0.15, 0.2) is 12.7 Å². The van der Waals surface area contributed by atoms with Crippen LogP contribution in [-0.4, -0.2) is 40.8 Å². The molecule has 0 aromatic rings. The molecule has 1 fully saturated rings. The maximum Gasteiger partial charge on any atom is 0.411 e. The van der Waals surface area contributed by atoms with E-state index in [0.717, 1.165) is 12.8 Å². The number of amides is 1. The lowest BCUT2D eigenvalue weighted by atomic mass is 9.84. The third-order valence-corrected chi connectivity index (χ3v) is 3.27. The molecule has 0 radical (unpaired) electrons. The first-order valence-electron chi connectivity index (χ1n) is 5.87. The van der Waals surface area contributed by atoms with E-state index in [1.54, 1.807) is 6.92 Å². The van der Waals surface area contributed by atoms with Gasteiger partial charge in [0.05, 0.1) is 0 Å². The van der Waals surface area contributed by atoms with Crippen LogP contribution in [0.2, 0.25) is 0 Å². The van der Waals surface area contributed by atoms with Crippen LogP contribution in [-0.2, 0) is 9.53 Å². The van der Waals surface area contributed by atoms with Crippen molar-refractivity contribution in [1.29, 1.82) is 0 Å². The Balaban J connectivity index is 2.87. The molecule has 1 saturated heterocycles. The van der Waals surface area contributed by atoms with Crippen molar-refractivity contribution in [3.63, 3.8) is 0 Å². The summed E-state index contributed by atoms with van der Waals surface area (Å²) in [5, 5.41) is 9.36. The van der Waals surface area contributed by atoms with Crippen LogP contribution in [0.3, 0.4) is 0 Å². The number of nitrogens with zero attached hydrogens (tertiary/aromatic N) is 1.